The van der Waals surface area contributed by atoms with Crippen LogP contribution >= 0.6 is 15.9 Å². The molecule has 0 aliphatic heterocycles. The molecule has 0 amide bonds. The molecular weight excluding hydrogens is 238 g/mol. The second-order valence-electron chi connectivity index (χ2n) is 3.04. The van der Waals surface area contributed by atoms with Crippen LogP contribution in [0.1, 0.15) is 5.69 Å². The highest BCUT2D eigenvalue weighted by atomic mass is 79.9. The van der Waals surface area contributed by atoms with Crippen molar-refractivity contribution in [2.45, 2.75) is 6.42 Å². The van der Waals surface area contributed by atoms with Gasteiger partial charge >= 0.3 is 0 Å². The van der Waals surface area contributed by atoms with E-state index in [1.54, 1.807) is 0 Å². The lowest BCUT2D eigenvalue weighted by Gasteiger charge is -2.01. The first-order valence-electron chi connectivity index (χ1n) is 4.49. The molecule has 0 atom stereocenters. The molecule has 0 N–H and O–H groups in total. The number of hydrogen-bond acceptors (Lipinski definition) is 1. The molecule has 70 valence electrons. The molecule has 0 aliphatic rings. The molecule has 14 heavy (non-hydrogen) atoms. The Morgan fingerprint density at radius 2 is 2.07 bits per heavy atom. The Morgan fingerprint density at radius 3 is 2.93 bits per heavy atom. The number of rotatable bonds is 2. The number of allylic oxidation sites excluding steroid dienone is 1. The van der Waals surface area contributed by atoms with Crippen molar-refractivity contribution in [3.63, 3.8) is 0 Å². The van der Waals surface area contributed by atoms with E-state index in [0.29, 0.717) is 0 Å². The number of hydrogen-bond donors (Lipinski definition) is 0. The Kier molecular flexibility index (Phi) is 2.94. The van der Waals surface area contributed by atoms with E-state index < -0.39 is 0 Å². The summed E-state index contributed by atoms with van der Waals surface area (Å²) in [4.78, 5) is 6.24. The van der Waals surface area contributed by atoms with E-state index in [2.05, 4.69) is 39.1 Å². The van der Waals surface area contributed by atoms with Gasteiger partial charge in [-0.1, -0.05) is 46.3 Å². The first-order valence-corrected chi connectivity index (χ1v) is 5.41. The van der Waals surface area contributed by atoms with Crippen LogP contribution in [0.25, 0.3) is 10.8 Å². The van der Waals surface area contributed by atoms with Crippen LogP contribution in [-0.2, 0) is 6.42 Å². The summed E-state index contributed by atoms with van der Waals surface area (Å²) in [6.45, 7) is 0. The highest BCUT2D eigenvalue weighted by Gasteiger charge is 1.98. The van der Waals surface area contributed by atoms with Crippen LogP contribution < -0.4 is 0 Å². The van der Waals surface area contributed by atoms with E-state index in [1.165, 1.54) is 10.8 Å². The third kappa shape index (κ3) is 1.85. The van der Waals surface area contributed by atoms with Crippen molar-refractivity contribution in [3.8, 4) is 0 Å². The molecule has 1 aromatic heterocycles. The predicted molar refractivity (Wildman–Crippen MR) is 63.5 cm³/mol. The summed E-state index contributed by atoms with van der Waals surface area (Å²) in [6, 6.07) is 10.4. The summed E-state index contributed by atoms with van der Waals surface area (Å²) in [5.74, 6) is 0. The zero-order chi connectivity index (χ0) is 9.80. The van der Waals surface area contributed by atoms with Crippen molar-refractivity contribution < 1.29 is 0 Å². The summed E-state index contributed by atoms with van der Waals surface area (Å²) in [7, 11) is 0. The van der Waals surface area contributed by atoms with E-state index >= 15 is 0 Å². The number of fused-ring (bicyclic) bond motifs is 1. The van der Waals surface area contributed by atoms with Crippen LogP contribution in [0, 0.1) is 0 Å². The topological polar surface area (TPSA) is 12.9 Å². The van der Waals surface area contributed by atoms with Gasteiger partial charge in [0.25, 0.3) is 0 Å². The zero-order valence-corrected chi connectivity index (χ0v) is 9.24. The molecule has 0 spiro atoms. The predicted octanol–water partition coefficient (Wildman–Crippen LogP) is 3.69. The van der Waals surface area contributed by atoms with Crippen molar-refractivity contribution in [3.05, 3.63) is 53.3 Å². The number of benzene rings is 1. The van der Waals surface area contributed by atoms with Crippen LogP contribution in [0.4, 0.5) is 0 Å². The van der Waals surface area contributed by atoms with Gasteiger partial charge in [0.15, 0.2) is 0 Å². The maximum atomic E-state index is 4.37. The number of halogens is 1. The van der Waals surface area contributed by atoms with E-state index in [1.807, 2.05) is 29.4 Å². The van der Waals surface area contributed by atoms with Gasteiger partial charge in [-0.2, -0.15) is 0 Å². The first-order chi connectivity index (χ1) is 6.92. The molecule has 2 aromatic rings. The molecule has 2 heteroatoms. The monoisotopic (exact) mass is 247 g/mol. The number of pyridine rings is 1. The summed E-state index contributed by atoms with van der Waals surface area (Å²) in [5, 5.41) is 2.49. The molecule has 1 heterocycles. The molecule has 0 aliphatic carbocycles. The van der Waals surface area contributed by atoms with E-state index in [4.69, 9.17) is 0 Å². The minimum Gasteiger partial charge on any atom is -0.260 e. The molecular formula is C12H10BrN. The molecule has 2 rings (SSSR count). The Morgan fingerprint density at radius 1 is 1.21 bits per heavy atom. The quantitative estimate of drug-likeness (QED) is 0.789. The van der Waals surface area contributed by atoms with Gasteiger partial charge in [0, 0.05) is 18.0 Å². The summed E-state index contributed by atoms with van der Waals surface area (Å²) in [6.07, 6.45) is 4.78. The molecule has 0 unspecified atom stereocenters. The van der Waals surface area contributed by atoms with Crippen LogP contribution in [0.2, 0.25) is 0 Å². The second kappa shape index (κ2) is 4.38. The molecule has 0 radical (unpaired) electrons. The standard InChI is InChI=1S/C12H10BrN/c13-8-3-6-12-11-5-2-1-4-10(11)7-9-14-12/h1-5,7-9H,6H2/b8-3+. The molecule has 0 bridgehead atoms. The zero-order valence-electron chi connectivity index (χ0n) is 7.65. The average Bonchev–Trinajstić information content (AvgIpc) is 2.26. The highest BCUT2D eigenvalue weighted by molar-refractivity contribution is 9.11. The fraction of sp³-hybridized carbons (Fsp3) is 0.0833. The highest BCUT2D eigenvalue weighted by Crippen LogP contribution is 2.16. The third-order valence-corrected chi connectivity index (χ3v) is 2.53. The summed E-state index contributed by atoms with van der Waals surface area (Å²) < 4.78 is 0. The van der Waals surface area contributed by atoms with Gasteiger partial charge in [-0.3, -0.25) is 4.98 Å². The summed E-state index contributed by atoms with van der Waals surface area (Å²) in [5.41, 5.74) is 1.12. The number of nitrogens with zero attached hydrogens (tertiary/aromatic N) is 1. The van der Waals surface area contributed by atoms with Crippen LogP contribution in [0.3, 0.4) is 0 Å². The van der Waals surface area contributed by atoms with Gasteiger partial charge in [-0.25, -0.2) is 0 Å². The van der Waals surface area contributed by atoms with Gasteiger partial charge in [-0.15, -0.1) is 0 Å². The number of aromatic nitrogens is 1. The molecule has 0 saturated heterocycles. The van der Waals surface area contributed by atoms with Crippen LogP contribution in [0.15, 0.2) is 47.6 Å². The van der Waals surface area contributed by atoms with E-state index in [-0.39, 0.29) is 0 Å². The summed E-state index contributed by atoms with van der Waals surface area (Å²) >= 11 is 3.26. The normalized spacial score (nSPS) is 11.2. The van der Waals surface area contributed by atoms with E-state index in [0.717, 1.165) is 12.1 Å². The molecule has 1 nitrogen and oxygen atoms in total. The molecule has 0 saturated carbocycles. The Balaban J connectivity index is 2.53. The maximum absolute atomic E-state index is 4.37. The van der Waals surface area contributed by atoms with Crippen molar-refractivity contribution in [1.29, 1.82) is 0 Å². The van der Waals surface area contributed by atoms with Crippen molar-refractivity contribution in [2.24, 2.45) is 0 Å². The minimum atomic E-state index is 0.868. The fourth-order valence-electron chi connectivity index (χ4n) is 1.50. The Hall–Kier alpha value is -1.15. The van der Waals surface area contributed by atoms with Crippen LogP contribution in [0.5, 0.6) is 0 Å². The van der Waals surface area contributed by atoms with Gasteiger partial charge in [-0.05, 0) is 16.4 Å². The minimum absolute atomic E-state index is 0.868. The third-order valence-electron chi connectivity index (χ3n) is 2.16. The van der Waals surface area contributed by atoms with Crippen LogP contribution in [-0.4, -0.2) is 4.98 Å². The Labute approximate surface area is 91.6 Å². The largest absolute Gasteiger partial charge is 0.260 e. The van der Waals surface area contributed by atoms with Crippen molar-refractivity contribution in [2.75, 3.05) is 0 Å². The maximum Gasteiger partial charge on any atom is 0.0519 e. The first kappa shape index (κ1) is 9.41. The van der Waals surface area contributed by atoms with E-state index in [9.17, 15) is 0 Å². The SMILES string of the molecule is Br/C=C/Cc1nccc2ccccc12. The Bertz CT molecular complexity index is 457. The van der Waals surface area contributed by atoms with Crippen molar-refractivity contribution in [1.82, 2.24) is 4.98 Å². The smallest absolute Gasteiger partial charge is 0.0519 e. The lowest BCUT2D eigenvalue weighted by molar-refractivity contribution is 1.14. The fourth-order valence-corrected chi connectivity index (χ4v) is 1.69. The molecule has 1 aromatic carbocycles. The van der Waals surface area contributed by atoms with Gasteiger partial charge in [0.05, 0.1) is 5.69 Å². The van der Waals surface area contributed by atoms with Gasteiger partial charge < -0.3 is 0 Å². The average molecular weight is 248 g/mol. The molecule has 0 fully saturated rings. The second-order valence-corrected chi connectivity index (χ2v) is 3.57. The lowest BCUT2D eigenvalue weighted by Crippen LogP contribution is -1.88. The van der Waals surface area contributed by atoms with Crippen molar-refractivity contribution >= 4 is 26.7 Å². The van der Waals surface area contributed by atoms with Gasteiger partial charge in [0.2, 0.25) is 0 Å². The lowest BCUT2D eigenvalue weighted by atomic mass is 10.1. The van der Waals surface area contributed by atoms with Gasteiger partial charge in [0.1, 0.15) is 0 Å².